The first-order valence-corrected chi connectivity index (χ1v) is 5.19. The van der Waals surface area contributed by atoms with Crippen molar-refractivity contribution in [1.82, 2.24) is 5.32 Å². The van der Waals surface area contributed by atoms with Crippen LogP contribution in [0.3, 0.4) is 0 Å². The first kappa shape index (κ1) is 13.4. The molecular formula is C6H11FNO4PS. The molecule has 0 aliphatic heterocycles. The Morgan fingerprint density at radius 3 is 2.79 bits per heavy atom. The Bertz CT molecular complexity index is 175. The number of carbonyl (C=O) groups is 2. The Balaban J connectivity index is 3.28. The van der Waals surface area contributed by atoms with Crippen molar-refractivity contribution in [3.63, 3.8) is 0 Å². The van der Waals surface area contributed by atoms with E-state index < -0.39 is 15.2 Å². The first-order valence-electron chi connectivity index (χ1n) is 3.77. The lowest BCUT2D eigenvalue weighted by molar-refractivity contribution is -0.142. The van der Waals surface area contributed by atoms with Crippen LogP contribution in [0.4, 0.5) is 8.99 Å². The predicted octanol–water partition coefficient (Wildman–Crippen LogP) is 1.05. The van der Waals surface area contributed by atoms with Gasteiger partial charge in [0.2, 0.25) is 0 Å². The number of carbonyl (C=O) groups excluding carboxylic acids is 2. The fourth-order valence-electron chi connectivity index (χ4n) is 0.553. The monoisotopic (exact) mass is 243 g/mol. The molecule has 0 saturated heterocycles. The average Bonchev–Trinajstić information content (AvgIpc) is 2.13. The van der Waals surface area contributed by atoms with Crippen LogP contribution in [0.25, 0.3) is 0 Å². The van der Waals surface area contributed by atoms with Crippen LogP contribution in [0.15, 0.2) is 0 Å². The number of thiol groups is 1. The number of nitrogens with one attached hydrogen (secondary N) is 1. The maximum Gasteiger partial charge on any atom is 0.411 e. The summed E-state index contributed by atoms with van der Waals surface area (Å²) in [5.74, 6) is 0.0274. The van der Waals surface area contributed by atoms with E-state index in [1.165, 1.54) is 0 Å². The zero-order valence-electron chi connectivity index (χ0n) is 7.29. The van der Waals surface area contributed by atoms with Gasteiger partial charge in [0, 0.05) is 5.75 Å². The van der Waals surface area contributed by atoms with Crippen molar-refractivity contribution in [2.45, 2.75) is 6.42 Å². The van der Waals surface area contributed by atoms with Crippen LogP contribution < -0.4 is 5.32 Å². The summed E-state index contributed by atoms with van der Waals surface area (Å²) in [6.45, 7) is 0.138. The summed E-state index contributed by atoms with van der Waals surface area (Å²) in [7, 11) is -1.38. The summed E-state index contributed by atoms with van der Waals surface area (Å²) in [6, 6.07) is 0. The number of ether oxygens (including phenoxy) is 1. The zero-order chi connectivity index (χ0) is 10.8. The second kappa shape index (κ2) is 9.02. The minimum atomic E-state index is -1.38. The molecule has 0 radical (unpaired) electrons. The maximum atomic E-state index is 11.4. The molecule has 0 spiro atoms. The summed E-state index contributed by atoms with van der Waals surface area (Å²) in [5, 5.41) is 2.19. The summed E-state index contributed by atoms with van der Waals surface area (Å²) in [4.78, 5) is 21.2. The molecule has 5 nitrogen and oxygen atoms in total. The summed E-state index contributed by atoms with van der Waals surface area (Å²) < 4.78 is 20.0. The van der Waals surface area contributed by atoms with Crippen molar-refractivity contribution in [2.75, 3.05) is 18.9 Å². The smallest absolute Gasteiger partial charge is 0.411 e. The van der Waals surface area contributed by atoms with Gasteiger partial charge in [0.1, 0.15) is 6.61 Å². The molecule has 0 aliphatic carbocycles. The van der Waals surface area contributed by atoms with Gasteiger partial charge < -0.3 is 14.6 Å². The van der Waals surface area contributed by atoms with E-state index in [2.05, 4.69) is 27.2 Å². The van der Waals surface area contributed by atoms with Gasteiger partial charge >= 0.3 is 12.1 Å². The van der Waals surface area contributed by atoms with Gasteiger partial charge in [0.05, 0.1) is 13.0 Å². The van der Waals surface area contributed by atoms with Gasteiger partial charge in [-0.15, -0.1) is 0 Å². The van der Waals surface area contributed by atoms with Crippen LogP contribution in [-0.4, -0.2) is 31.0 Å². The van der Waals surface area contributed by atoms with Crippen molar-refractivity contribution < 1.29 is 23.0 Å². The highest BCUT2D eigenvalue weighted by atomic mass is 32.1. The Hall–Kier alpha value is -0.550. The molecule has 0 rings (SSSR count). The van der Waals surface area contributed by atoms with Crippen molar-refractivity contribution in [3.05, 3.63) is 0 Å². The van der Waals surface area contributed by atoms with Gasteiger partial charge in [-0.2, -0.15) is 16.8 Å². The van der Waals surface area contributed by atoms with Gasteiger partial charge in [0.25, 0.3) is 9.12 Å². The molecule has 0 aromatic heterocycles. The van der Waals surface area contributed by atoms with Gasteiger partial charge in [-0.05, 0) is 0 Å². The van der Waals surface area contributed by atoms with E-state index in [1.54, 1.807) is 0 Å². The van der Waals surface area contributed by atoms with Crippen LogP contribution in [0.1, 0.15) is 6.42 Å². The average molecular weight is 243 g/mol. The molecule has 0 aromatic carbocycles. The van der Waals surface area contributed by atoms with E-state index in [9.17, 15) is 13.8 Å². The van der Waals surface area contributed by atoms with Crippen molar-refractivity contribution >= 4 is 33.8 Å². The molecule has 1 N–H and O–H groups in total. The zero-order valence-corrected chi connectivity index (χ0v) is 9.18. The lowest BCUT2D eigenvalue weighted by Crippen LogP contribution is -2.26. The fraction of sp³-hybridized carbons (Fsp3) is 0.667. The van der Waals surface area contributed by atoms with Crippen LogP contribution in [-0.2, 0) is 14.1 Å². The van der Waals surface area contributed by atoms with E-state index in [1.807, 2.05) is 0 Å². The lowest BCUT2D eigenvalue weighted by Gasteiger charge is -2.04. The van der Waals surface area contributed by atoms with Crippen molar-refractivity contribution in [3.8, 4) is 0 Å². The molecule has 82 valence electrons. The van der Waals surface area contributed by atoms with Crippen molar-refractivity contribution in [1.29, 1.82) is 0 Å². The summed E-state index contributed by atoms with van der Waals surface area (Å²) in [5.41, 5.74) is 0. The van der Waals surface area contributed by atoms with E-state index in [0.29, 0.717) is 5.75 Å². The highest BCUT2D eigenvalue weighted by molar-refractivity contribution is 7.80. The second-order valence-electron chi connectivity index (χ2n) is 2.09. The van der Waals surface area contributed by atoms with Crippen LogP contribution in [0.5, 0.6) is 0 Å². The third-order valence-electron chi connectivity index (χ3n) is 1.08. The third-order valence-corrected chi connectivity index (χ3v) is 1.57. The molecule has 14 heavy (non-hydrogen) atoms. The quantitative estimate of drug-likeness (QED) is 0.317. The highest BCUT2D eigenvalue weighted by Crippen LogP contribution is 2.10. The van der Waals surface area contributed by atoms with E-state index in [-0.39, 0.29) is 25.5 Å². The number of rotatable bonds is 6. The van der Waals surface area contributed by atoms with E-state index in [4.69, 9.17) is 0 Å². The molecule has 0 bridgehead atoms. The first-order chi connectivity index (χ1) is 6.70. The second-order valence-corrected chi connectivity index (χ2v) is 2.89. The van der Waals surface area contributed by atoms with Gasteiger partial charge in [-0.3, -0.25) is 4.79 Å². The molecule has 0 aliphatic rings. The standard InChI is InChI=1S/C6H11FNO4PS/c7-13-12-6(10)8-2-3-11-5(9)1-4-14/h13-14H,1-4H2,(H,8,10). The minimum absolute atomic E-state index is 0.0388. The molecule has 8 heteroatoms. The number of amides is 1. The fourth-order valence-corrected chi connectivity index (χ4v) is 0.877. The number of esters is 1. The summed E-state index contributed by atoms with van der Waals surface area (Å²) >= 11 is 3.83. The Kier molecular flexibility index (Phi) is 8.67. The van der Waals surface area contributed by atoms with Crippen LogP contribution in [0, 0.1) is 0 Å². The predicted molar refractivity (Wildman–Crippen MR) is 53.3 cm³/mol. The molecular weight excluding hydrogens is 232 g/mol. The number of hydrogen-bond acceptors (Lipinski definition) is 5. The molecule has 0 fully saturated rings. The molecule has 0 saturated carbocycles. The molecule has 0 heterocycles. The maximum absolute atomic E-state index is 11.4. The van der Waals surface area contributed by atoms with Crippen LogP contribution in [0.2, 0.25) is 0 Å². The lowest BCUT2D eigenvalue weighted by atomic mass is 10.5. The molecule has 0 aromatic rings. The highest BCUT2D eigenvalue weighted by Gasteiger charge is 2.02. The Labute approximate surface area is 88.1 Å². The Morgan fingerprint density at radius 1 is 1.50 bits per heavy atom. The number of halogens is 1. The Morgan fingerprint density at radius 2 is 2.21 bits per heavy atom. The largest absolute Gasteiger partial charge is 0.464 e. The SMILES string of the molecule is O=C(CCS)OCCNC(=O)OPF. The molecule has 1 amide bonds. The third kappa shape index (κ3) is 8.07. The van der Waals surface area contributed by atoms with Gasteiger partial charge in [-0.25, -0.2) is 4.79 Å². The van der Waals surface area contributed by atoms with Crippen molar-refractivity contribution in [2.24, 2.45) is 0 Å². The van der Waals surface area contributed by atoms with E-state index >= 15 is 0 Å². The van der Waals surface area contributed by atoms with E-state index in [0.717, 1.165) is 0 Å². The topological polar surface area (TPSA) is 64.6 Å². The van der Waals surface area contributed by atoms with Gasteiger partial charge in [-0.1, -0.05) is 0 Å². The van der Waals surface area contributed by atoms with Crippen LogP contribution >= 0.6 is 21.7 Å². The normalized spacial score (nSPS) is 10.1. The number of hydrogen-bond donors (Lipinski definition) is 2. The molecule has 1 unspecified atom stereocenters. The summed E-state index contributed by atoms with van der Waals surface area (Å²) in [6.07, 6.45) is -0.643. The minimum Gasteiger partial charge on any atom is -0.464 e. The molecule has 1 atom stereocenters. The van der Waals surface area contributed by atoms with Gasteiger partial charge in [0.15, 0.2) is 0 Å².